The van der Waals surface area contributed by atoms with E-state index in [0.717, 1.165) is 30.6 Å². The largest absolute Gasteiger partial charge is 0.497 e. The molecule has 1 spiro atoms. The Labute approximate surface area is 227 Å². The maximum absolute atomic E-state index is 13.5. The lowest BCUT2D eigenvalue weighted by Gasteiger charge is -2.39. The SMILES string of the molecule is COc1cccc(CC(=O)N2CCC3(CC2)CCN(C(=O)c2ccc4c(c2)C(=O)c2ccccc2C4=O)C3)c1. The summed E-state index contributed by atoms with van der Waals surface area (Å²) < 4.78 is 5.27. The van der Waals surface area contributed by atoms with E-state index < -0.39 is 0 Å². The molecule has 2 amide bonds. The molecule has 0 N–H and O–H groups in total. The molecule has 3 aromatic carbocycles. The van der Waals surface area contributed by atoms with E-state index in [9.17, 15) is 19.2 Å². The van der Waals surface area contributed by atoms with Crippen molar-refractivity contribution in [1.29, 1.82) is 0 Å². The molecule has 0 radical (unpaired) electrons. The number of hydrogen-bond acceptors (Lipinski definition) is 5. The van der Waals surface area contributed by atoms with Crippen molar-refractivity contribution in [3.8, 4) is 5.75 Å². The highest BCUT2D eigenvalue weighted by molar-refractivity contribution is 6.28. The van der Waals surface area contributed by atoms with Crippen LogP contribution in [0.3, 0.4) is 0 Å². The van der Waals surface area contributed by atoms with Gasteiger partial charge in [-0.25, -0.2) is 0 Å². The molecule has 3 aliphatic rings. The summed E-state index contributed by atoms with van der Waals surface area (Å²) in [5, 5.41) is 0. The van der Waals surface area contributed by atoms with E-state index in [0.29, 0.717) is 60.4 Å². The number of ether oxygens (including phenoxy) is 1. The van der Waals surface area contributed by atoms with Crippen LogP contribution < -0.4 is 4.74 Å². The molecule has 39 heavy (non-hydrogen) atoms. The van der Waals surface area contributed by atoms with Crippen molar-refractivity contribution in [2.24, 2.45) is 5.41 Å². The predicted molar refractivity (Wildman–Crippen MR) is 145 cm³/mol. The van der Waals surface area contributed by atoms with Gasteiger partial charge in [-0.1, -0.05) is 36.4 Å². The molecule has 3 aromatic rings. The zero-order valence-corrected chi connectivity index (χ0v) is 21.9. The maximum Gasteiger partial charge on any atom is 0.253 e. The summed E-state index contributed by atoms with van der Waals surface area (Å²) in [6.45, 7) is 2.64. The van der Waals surface area contributed by atoms with Gasteiger partial charge >= 0.3 is 0 Å². The van der Waals surface area contributed by atoms with Crippen LogP contribution in [0.15, 0.2) is 66.7 Å². The first-order valence-electron chi connectivity index (χ1n) is 13.4. The number of likely N-dealkylation sites (tertiary alicyclic amines) is 2. The quantitative estimate of drug-likeness (QED) is 0.402. The molecule has 2 fully saturated rings. The molecule has 0 bridgehead atoms. The summed E-state index contributed by atoms with van der Waals surface area (Å²) in [6, 6.07) is 19.3. The van der Waals surface area contributed by atoms with Crippen molar-refractivity contribution in [1.82, 2.24) is 9.80 Å². The van der Waals surface area contributed by atoms with E-state index in [4.69, 9.17) is 4.74 Å². The molecule has 0 aromatic heterocycles. The van der Waals surface area contributed by atoms with Crippen molar-refractivity contribution in [3.63, 3.8) is 0 Å². The number of carbonyl (C=O) groups excluding carboxylic acids is 4. The van der Waals surface area contributed by atoms with Crippen LogP contribution in [0.5, 0.6) is 5.75 Å². The van der Waals surface area contributed by atoms with Crippen molar-refractivity contribution >= 4 is 23.4 Å². The molecular weight excluding hydrogens is 492 g/mol. The molecular formula is C32H30N2O5. The van der Waals surface area contributed by atoms with E-state index in [-0.39, 0.29) is 28.8 Å². The summed E-state index contributed by atoms with van der Waals surface area (Å²) >= 11 is 0. The summed E-state index contributed by atoms with van der Waals surface area (Å²) in [7, 11) is 1.62. The monoisotopic (exact) mass is 522 g/mol. The van der Waals surface area contributed by atoms with Gasteiger partial charge in [0.05, 0.1) is 13.5 Å². The second kappa shape index (κ2) is 9.80. The number of nitrogens with zero attached hydrogens (tertiary/aromatic N) is 2. The standard InChI is InChI=1S/C32H30N2O5/c1-39-23-6-4-5-21(17-23)18-28(35)33-14-11-32(12-15-33)13-16-34(20-32)31(38)22-9-10-26-27(19-22)30(37)25-8-3-2-7-24(25)29(26)36/h2-10,17,19H,11-16,18,20H2,1H3. The van der Waals surface area contributed by atoms with Gasteiger partial charge in [0.2, 0.25) is 5.91 Å². The van der Waals surface area contributed by atoms with Crippen molar-refractivity contribution < 1.29 is 23.9 Å². The highest BCUT2D eigenvalue weighted by Crippen LogP contribution is 2.41. The summed E-state index contributed by atoms with van der Waals surface area (Å²) in [5.41, 5.74) is 2.79. The Balaban J connectivity index is 1.10. The zero-order chi connectivity index (χ0) is 27.1. The van der Waals surface area contributed by atoms with Crippen molar-refractivity contribution in [2.75, 3.05) is 33.3 Å². The first-order chi connectivity index (χ1) is 18.9. The number of benzene rings is 3. The Bertz CT molecular complexity index is 1500. The Morgan fingerprint density at radius 3 is 2.10 bits per heavy atom. The molecule has 1 aliphatic carbocycles. The first-order valence-corrected chi connectivity index (χ1v) is 13.4. The molecule has 2 heterocycles. The molecule has 2 saturated heterocycles. The third-order valence-electron chi connectivity index (χ3n) is 8.56. The van der Waals surface area contributed by atoms with Gasteiger partial charge in [-0.05, 0) is 60.6 Å². The van der Waals surface area contributed by atoms with Gasteiger partial charge in [-0.2, -0.15) is 0 Å². The van der Waals surface area contributed by atoms with Gasteiger partial charge in [0.15, 0.2) is 11.6 Å². The number of methoxy groups -OCH3 is 1. The number of rotatable bonds is 4. The van der Waals surface area contributed by atoms with Gasteiger partial charge < -0.3 is 14.5 Å². The minimum Gasteiger partial charge on any atom is -0.497 e. The van der Waals surface area contributed by atoms with Crippen LogP contribution in [0.4, 0.5) is 0 Å². The molecule has 198 valence electrons. The van der Waals surface area contributed by atoms with E-state index in [2.05, 4.69) is 0 Å². The molecule has 7 heteroatoms. The van der Waals surface area contributed by atoms with Crippen LogP contribution in [-0.4, -0.2) is 66.5 Å². The van der Waals surface area contributed by atoms with Crippen LogP contribution in [-0.2, 0) is 11.2 Å². The van der Waals surface area contributed by atoms with Gasteiger partial charge in [-0.3, -0.25) is 19.2 Å². The van der Waals surface area contributed by atoms with Gasteiger partial charge in [0.1, 0.15) is 5.75 Å². The van der Waals surface area contributed by atoms with E-state index in [1.807, 2.05) is 34.1 Å². The molecule has 0 saturated carbocycles. The van der Waals surface area contributed by atoms with E-state index in [1.165, 1.54) is 0 Å². The zero-order valence-electron chi connectivity index (χ0n) is 21.9. The lowest BCUT2D eigenvalue weighted by molar-refractivity contribution is -0.132. The number of hydrogen-bond donors (Lipinski definition) is 0. The van der Waals surface area contributed by atoms with E-state index >= 15 is 0 Å². The van der Waals surface area contributed by atoms with Crippen molar-refractivity contribution in [3.05, 3.63) is 100 Å². The van der Waals surface area contributed by atoms with Crippen LogP contribution in [0, 0.1) is 5.41 Å². The van der Waals surface area contributed by atoms with Crippen LogP contribution >= 0.6 is 0 Å². The number of carbonyl (C=O) groups is 4. The topological polar surface area (TPSA) is 84.0 Å². The minimum absolute atomic E-state index is 0.00133. The maximum atomic E-state index is 13.5. The van der Waals surface area contributed by atoms with Crippen LogP contribution in [0.2, 0.25) is 0 Å². The normalized spacial score (nSPS) is 17.7. The van der Waals surface area contributed by atoms with Crippen molar-refractivity contribution in [2.45, 2.75) is 25.7 Å². The fourth-order valence-corrected chi connectivity index (χ4v) is 6.23. The highest BCUT2D eigenvalue weighted by atomic mass is 16.5. The molecule has 7 nitrogen and oxygen atoms in total. The lowest BCUT2D eigenvalue weighted by atomic mass is 9.77. The molecule has 0 atom stereocenters. The summed E-state index contributed by atoms with van der Waals surface area (Å²) in [4.78, 5) is 56.2. The van der Waals surface area contributed by atoms with Gasteiger partial charge in [-0.15, -0.1) is 0 Å². The molecule has 0 unspecified atom stereocenters. The average molecular weight is 523 g/mol. The van der Waals surface area contributed by atoms with Gasteiger partial charge in [0, 0.05) is 54.0 Å². The van der Waals surface area contributed by atoms with Crippen LogP contribution in [0.25, 0.3) is 0 Å². The molecule has 2 aliphatic heterocycles. The smallest absolute Gasteiger partial charge is 0.253 e. The fourth-order valence-electron chi connectivity index (χ4n) is 6.23. The average Bonchev–Trinajstić information content (AvgIpc) is 3.38. The molecule has 6 rings (SSSR count). The number of ketones is 2. The Morgan fingerprint density at radius 2 is 1.41 bits per heavy atom. The van der Waals surface area contributed by atoms with Crippen LogP contribution in [0.1, 0.15) is 67.0 Å². The second-order valence-corrected chi connectivity index (χ2v) is 10.8. The van der Waals surface area contributed by atoms with E-state index in [1.54, 1.807) is 49.6 Å². The fraction of sp³-hybridized carbons (Fsp3) is 0.312. The Kier molecular flexibility index (Phi) is 6.29. The predicted octanol–water partition coefficient (Wildman–Crippen LogP) is 4.17. The first kappa shape index (κ1) is 25.0. The Morgan fingerprint density at radius 1 is 0.769 bits per heavy atom. The highest BCUT2D eigenvalue weighted by Gasteiger charge is 2.43. The third kappa shape index (κ3) is 4.52. The second-order valence-electron chi connectivity index (χ2n) is 10.8. The minimum atomic E-state index is -0.223. The lowest BCUT2D eigenvalue weighted by Crippen LogP contribution is -2.45. The third-order valence-corrected chi connectivity index (χ3v) is 8.56. The number of fused-ring (bicyclic) bond motifs is 2. The van der Waals surface area contributed by atoms with Gasteiger partial charge in [0.25, 0.3) is 5.91 Å². The Hall–Kier alpha value is -4.26. The number of piperidine rings is 1. The summed E-state index contributed by atoms with van der Waals surface area (Å²) in [6.07, 6.45) is 2.95. The summed E-state index contributed by atoms with van der Waals surface area (Å²) in [5.74, 6) is 0.322. The number of amides is 2.